The quantitative estimate of drug-likeness (QED) is 0.870. The van der Waals surface area contributed by atoms with Crippen LogP contribution in [0, 0.1) is 0 Å². The van der Waals surface area contributed by atoms with E-state index in [1.807, 2.05) is 0 Å². The molecule has 0 fully saturated rings. The SMILES string of the molecule is CNS(=O)(=O)c1ccc(-c2cccc(N(C(=O)O)C(C)(C)C)n2)cc1. The molecule has 1 amide bonds. The van der Waals surface area contributed by atoms with Crippen LogP contribution >= 0.6 is 0 Å². The Morgan fingerprint density at radius 3 is 2.20 bits per heavy atom. The standard InChI is InChI=1S/C17H21N3O4S/c1-17(2,3)20(16(21)22)15-7-5-6-14(19-15)12-8-10-13(11-9-12)25(23,24)18-4/h5-11,18H,1-4H3,(H,21,22). The highest BCUT2D eigenvalue weighted by molar-refractivity contribution is 7.89. The molecular formula is C17H21N3O4S. The summed E-state index contributed by atoms with van der Waals surface area (Å²) >= 11 is 0. The van der Waals surface area contributed by atoms with Crippen LogP contribution in [0.25, 0.3) is 11.3 Å². The lowest BCUT2D eigenvalue weighted by Gasteiger charge is -2.32. The van der Waals surface area contributed by atoms with Gasteiger partial charge in [-0.2, -0.15) is 0 Å². The maximum Gasteiger partial charge on any atom is 0.413 e. The first-order valence-corrected chi connectivity index (χ1v) is 9.09. The van der Waals surface area contributed by atoms with Gasteiger partial charge in [-0.3, -0.25) is 4.90 Å². The zero-order valence-corrected chi connectivity index (χ0v) is 15.3. The lowest BCUT2D eigenvalue weighted by molar-refractivity contribution is 0.195. The maximum atomic E-state index is 11.8. The minimum atomic E-state index is -3.51. The summed E-state index contributed by atoms with van der Waals surface area (Å²) in [5.74, 6) is 0.310. The van der Waals surface area contributed by atoms with E-state index < -0.39 is 21.7 Å². The first-order chi connectivity index (χ1) is 11.6. The fourth-order valence-electron chi connectivity index (χ4n) is 2.36. The van der Waals surface area contributed by atoms with Crippen molar-refractivity contribution < 1.29 is 18.3 Å². The van der Waals surface area contributed by atoms with Crippen LogP contribution < -0.4 is 9.62 Å². The smallest absolute Gasteiger partial charge is 0.413 e. The fraction of sp³-hybridized carbons (Fsp3) is 0.294. The van der Waals surface area contributed by atoms with Gasteiger partial charge in [0.1, 0.15) is 5.82 Å². The van der Waals surface area contributed by atoms with Crippen molar-refractivity contribution in [1.82, 2.24) is 9.71 Å². The molecule has 0 aliphatic heterocycles. The van der Waals surface area contributed by atoms with Gasteiger partial charge in [0.2, 0.25) is 10.0 Å². The Morgan fingerprint density at radius 2 is 1.72 bits per heavy atom. The third-order valence-corrected chi connectivity index (χ3v) is 4.98. The van der Waals surface area contributed by atoms with Gasteiger partial charge in [0.25, 0.3) is 0 Å². The Balaban J connectivity index is 2.44. The molecule has 25 heavy (non-hydrogen) atoms. The largest absolute Gasteiger partial charge is 0.465 e. The molecule has 7 nitrogen and oxygen atoms in total. The van der Waals surface area contributed by atoms with Crippen LogP contribution in [0.15, 0.2) is 47.4 Å². The zero-order chi connectivity index (χ0) is 18.8. The first kappa shape index (κ1) is 18.9. The molecule has 0 atom stereocenters. The Kier molecular flexibility index (Phi) is 5.15. The number of amides is 1. The average molecular weight is 363 g/mol. The first-order valence-electron chi connectivity index (χ1n) is 7.60. The van der Waals surface area contributed by atoms with Crippen molar-refractivity contribution in [3.8, 4) is 11.3 Å². The number of benzene rings is 1. The van der Waals surface area contributed by atoms with Gasteiger partial charge in [-0.15, -0.1) is 0 Å². The summed E-state index contributed by atoms with van der Waals surface area (Å²) < 4.78 is 25.8. The molecule has 1 aromatic carbocycles. The topological polar surface area (TPSA) is 99.6 Å². The molecule has 0 bridgehead atoms. The lowest BCUT2D eigenvalue weighted by atomic mass is 10.1. The molecule has 0 aliphatic rings. The molecule has 2 N–H and O–H groups in total. The Morgan fingerprint density at radius 1 is 1.12 bits per heavy atom. The van der Waals surface area contributed by atoms with Crippen LogP contribution in [-0.4, -0.2) is 37.2 Å². The Bertz CT molecular complexity index is 872. The van der Waals surface area contributed by atoms with E-state index in [1.54, 1.807) is 51.1 Å². The summed E-state index contributed by atoms with van der Waals surface area (Å²) in [6.45, 7) is 5.35. The van der Waals surface area contributed by atoms with Crippen molar-refractivity contribution in [2.24, 2.45) is 0 Å². The second kappa shape index (κ2) is 6.81. The van der Waals surface area contributed by atoms with E-state index in [4.69, 9.17) is 0 Å². The minimum Gasteiger partial charge on any atom is -0.465 e. The summed E-state index contributed by atoms with van der Waals surface area (Å²) in [7, 11) is -2.16. The van der Waals surface area contributed by atoms with Crippen LogP contribution in [0.2, 0.25) is 0 Å². The summed E-state index contributed by atoms with van der Waals surface area (Å²) in [5.41, 5.74) is 0.597. The number of nitrogens with zero attached hydrogens (tertiary/aromatic N) is 2. The molecule has 2 aromatic rings. The number of sulfonamides is 1. The van der Waals surface area contributed by atoms with E-state index >= 15 is 0 Å². The number of nitrogens with one attached hydrogen (secondary N) is 1. The molecule has 1 aromatic heterocycles. The van der Waals surface area contributed by atoms with E-state index in [0.29, 0.717) is 17.1 Å². The molecule has 1 heterocycles. The van der Waals surface area contributed by atoms with E-state index in [9.17, 15) is 18.3 Å². The molecule has 2 rings (SSSR count). The maximum absolute atomic E-state index is 11.8. The van der Waals surface area contributed by atoms with Crippen LogP contribution in [0.3, 0.4) is 0 Å². The molecule has 0 radical (unpaired) electrons. The number of rotatable bonds is 4. The van der Waals surface area contributed by atoms with E-state index in [2.05, 4.69) is 9.71 Å². The van der Waals surface area contributed by atoms with Gasteiger partial charge in [0.05, 0.1) is 10.6 Å². The monoisotopic (exact) mass is 363 g/mol. The fourth-order valence-corrected chi connectivity index (χ4v) is 3.09. The second-order valence-corrected chi connectivity index (χ2v) is 8.29. The normalized spacial score (nSPS) is 12.0. The van der Waals surface area contributed by atoms with Crippen LogP contribution in [0.5, 0.6) is 0 Å². The summed E-state index contributed by atoms with van der Waals surface area (Å²) in [6.07, 6.45) is -1.09. The van der Waals surface area contributed by atoms with Crippen molar-refractivity contribution in [1.29, 1.82) is 0 Å². The van der Waals surface area contributed by atoms with Crippen molar-refractivity contribution in [3.63, 3.8) is 0 Å². The third kappa shape index (κ3) is 4.15. The van der Waals surface area contributed by atoms with Gasteiger partial charge in [-0.1, -0.05) is 18.2 Å². The Labute approximate surface area is 147 Å². The third-order valence-electron chi connectivity index (χ3n) is 3.55. The molecule has 0 unspecified atom stereocenters. The number of hydrogen-bond acceptors (Lipinski definition) is 4. The van der Waals surface area contributed by atoms with Crippen molar-refractivity contribution in [3.05, 3.63) is 42.5 Å². The highest BCUT2D eigenvalue weighted by atomic mass is 32.2. The molecule has 0 saturated carbocycles. The predicted molar refractivity (Wildman–Crippen MR) is 96.2 cm³/mol. The molecule has 134 valence electrons. The summed E-state index contributed by atoms with van der Waals surface area (Å²) in [6, 6.07) is 11.3. The molecule has 8 heteroatoms. The van der Waals surface area contributed by atoms with Crippen molar-refractivity contribution in [2.45, 2.75) is 31.2 Å². The van der Waals surface area contributed by atoms with E-state index in [0.717, 1.165) is 0 Å². The summed E-state index contributed by atoms with van der Waals surface area (Å²) in [4.78, 5) is 17.4. The number of pyridine rings is 1. The highest BCUT2D eigenvalue weighted by Crippen LogP contribution is 2.26. The van der Waals surface area contributed by atoms with Crippen LogP contribution in [0.4, 0.5) is 10.6 Å². The predicted octanol–water partition coefficient (Wildman–Crippen LogP) is 2.94. The number of hydrogen-bond donors (Lipinski definition) is 2. The minimum absolute atomic E-state index is 0.150. The van der Waals surface area contributed by atoms with Gasteiger partial charge in [-0.25, -0.2) is 22.9 Å². The van der Waals surface area contributed by atoms with E-state index in [1.165, 1.54) is 24.1 Å². The van der Waals surface area contributed by atoms with Crippen LogP contribution in [-0.2, 0) is 10.0 Å². The molecule has 0 aliphatic carbocycles. The highest BCUT2D eigenvalue weighted by Gasteiger charge is 2.29. The van der Waals surface area contributed by atoms with Gasteiger partial charge in [0.15, 0.2) is 0 Å². The molecule has 0 spiro atoms. The van der Waals surface area contributed by atoms with Gasteiger partial charge in [-0.05, 0) is 52.1 Å². The van der Waals surface area contributed by atoms with Crippen molar-refractivity contribution in [2.75, 3.05) is 11.9 Å². The number of carboxylic acid groups (broad SMARTS) is 1. The number of anilines is 1. The van der Waals surface area contributed by atoms with Crippen LogP contribution in [0.1, 0.15) is 20.8 Å². The number of carbonyl (C=O) groups is 1. The number of aromatic nitrogens is 1. The van der Waals surface area contributed by atoms with Gasteiger partial charge >= 0.3 is 6.09 Å². The zero-order valence-electron chi connectivity index (χ0n) is 14.5. The Hall–Kier alpha value is -2.45. The average Bonchev–Trinajstić information content (AvgIpc) is 2.53. The molecule has 0 saturated heterocycles. The molecular weight excluding hydrogens is 342 g/mol. The second-order valence-electron chi connectivity index (χ2n) is 6.40. The van der Waals surface area contributed by atoms with Gasteiger partial charge in [0, 0.05) is 11.1 Å². The summed E-state index contributed by atoms with van der Waals surface area (Å²) in [5, 5.41) is 9.49. The van der Waals surface area contributed by atoms with Gasteiger partial charge < -0.3 is 5.11 Å². The van der Waals surface area contributed by atoms with E-state index in [-0.39, 0.29) is 4.90 Å². The lowest BCUT2D eigenvalue weighted by Crippen LogP contribution is -2.45. The van der Waals surface area contributed by atoms with Crippen molar-refractivity contribution >= 4 is 21.9 Å².